The molecule has 0 bridgehead atoms. The molecule has 0 aliphatic rings. The van der Waals surface area contributed by atoms with Crippen LogP contribution in [0.15, 0.2) is 42.5 Å². The molecule has 3 aromatic rings. The Bertz CT molecular complexity index is 823. The first-order valence-corrected chi connectivity index (χ1v) is 7.55. The molecule has 0 saturated carbocycles. The molecule has 3 rings (SSSR count). The van der Waals surface area contributed by atoms with Crippen molar-refractivity contribution in [2.45, 2.75) is 6.54 Å². The maximum absolute atomic E-state index is 10.6. The first-order chi connectivity index (χ1) is 10.7. The average Bonchev–Trinajstić information content (AvgIpc) is 2.91. The summed E-state index contributed by atoms with van der Waals surface area (Å²) in [6, 6.07) is 12.7. The molecule has 122 valence electrons. The van der Waals surface area contributed by atoms with Gasteiger partial charge in [0.25, 0.3) is 0 Å². The van der Waals surface area contributed by atoms with Crippen molar-refractivity contribution in [2.24, 2.45) is 0 Å². The van der Waals surface area contributed by atoms with Crippen molar-refractivity contribution in [2.75, 3.05) is 11.8 Å². The van der Waals surface area contributed by atoms with Crippen LogP contribution in [0.1, 0.15) is 5.56 Å². The Kier molecular flexibility index (Phi) is 5.54. The summed E-state index contributed by atoms with van der Waals surface area (Å²) < 4.78 is 30.4. The van der Waals surface area contributed by atoms with Crippen LogP contribution in [0.25, 0.3) is 11.0 Å². The Morgan fingerprint density at radius 3 is 2.65 bits per heavy atom. The third-order valence-corrected chi connectivity index (χ3v) is 3.61. The molecule has 0 aliphatic carbocycles. The van der Waals surface area contributed by atoms with Gasteiger partial charge in [-0.1, -0.05) is 17.3 Å². The van der Waals surface area contributed by atoms with E-state index in [2.05, 4.69) is 15.0 Å². The lowest BCUT2D eigenvalue weighted by molar-refractivity contribution is 0.415. The number of ether oxygens (including phenoxy) is 1. The molecular weight excluding hydrogens is 340 g/mol. The lowest BCUT2D eigenvalue weighted by Crippen LogP contribution is -2.04. The summed E-state index contributed by atoms with van der Waals surface area (Å²) in [7, 11) is 1.61. The number of methoxy groups -OCH3 is 1. The van der Waals surface area contributed by atoms with Crippen molar-refractivity contribution >= 4 is 40.4 Å². The van der Waals surface area contributed by atoms with E-state index in [1.807, 2.05) is 30.3 Å². The maximum atomic E-state index is 10.6. The largest absolute Gasteiger partial charge is 0.755 e. The third-order valence-electron chi connectivity index (χ3n) is 3.21. The number of aromatic nitrogens is 3. The van der Waals surface area contributed by atoms with Crippen molar-refractivity contribution in [3.8, 4) is 5.75 Å². The molecule has 0 amide bonds. The van der Waals surface area contributed by atoms with Gasteiger partial charge in [-0.15, -0.1) is 17.5 Å². The second kappa shape index (κ2) is 7.40. The molecule has 1 aromatic heterocycles. The van der Waals surface area contributed by atoms with Crippen LogP contribution < -0.4 is 9.46 Å². The van der Waals surface area contributed by atoms with Crippen molar-refractivity contribution < 1.29 is 13.5 Å². The van der Waals surface area contributed by atoms with Gasteiger partial charge in [0.05, 0.1) is 19.2 Å². The number of hydrogen-bond acceptors (Lipinski definition) is 5. The van der Waals surface area contributed by atoms with E-state index >= 15 is 0 Å². The fourth-order valence-electron chi connectivity index (χ4n) is 2.14. The van der Waals surface area contributed by atoms with Crippen LogP contribution >= 0.6 is 12.4 Å². The summed E-state index contributed by atoms with van der Waals surface area (Å²) in [5, 5.41) is 8.25. The predicted octanol–water partition coefficient (Wildman–Crippen LogP) is 2.12. The number of halogens is 1. The van der Waals surface area contributed by atoms with E-state index < -0.39 is 11.3 Å². The third kappa shape index (κ3) is 3.98. The quantitative estimate of drug-likeness (QED) is 0.709. The molecule has 1 atom stereocenters. The Morgan fingerprint density at radius 1 is 1.26 bits per heavy atom. The molecule has 0 aliphatic heterocycles. The van der Waals surface area contributed by atoms with Gasteiger partial charge in [0.15, 0.2) is 0 Å². The number of nitrogens with zero attached hydrogens (tertiary/aromatic N) is 3. The molecule has 2 aromatic carbocycles. The first-order valence-electron chi connectivity index (χ1n) is 6.48. The van der Waals surface area contributed by atoms with Crippen molar-refractivity contribution in [1.82, 2.24) is 15.0 Å². The zero-order valence-corrected chi connectivity index (χ0v) is 13.8. The molecule has 1 N–H and O–H groups in total. The summed E-state index contributed by atoms with van der Waals surface area (Å²) in [5.74, 6) is 0.737. The molecule has 0 spiro atoms. The zero-order chi connectivity index (χ0) is 15.5. The van der Waals surface area contributed by atoms with Crippen molar-refractivity contribution in [3.63, 3.8) is 0 Å². The highest BCUT2D eigenvalue weighted by atomic mass is 35.5. The van der Waals surface area contributed by atoms with Gasteiger partial charge in [-0.05, 0) is 29.8 Å². The fourth-order valence-corrected chi connectivity index (χ4v) is 2.47. The molecule has 0 fully saturated rings. The summed E-state index contributed by atoms with van der Waals surface area (Å²) in [6.45, 7) is 0.545. The summed E-state index contributed by atoms with van der Waals surface area (Å²) in [5.41, 5.74) is 3.18. The highest BCUT2D eigenvalue weighted by Gasteiger charge is 2.06. The van der Waals surface area contributed by atoms with Gasteiger partial charge in [0, 0.05) is 23.0 Å². The number of nitrogens with one attached hydrogen (secondary N) is 1. The highest BCUT2D eigenvalue weighted by molar-refractivity contribution is 7.80. The second-order valence-corrected chi connectivity index (χ2v) is 5.31. The van der Waals surface area contributed by atoms with Gasteiger partial charge >= 0.3 is 0 Å². The predicted molar refractivity (Wildman–Crippen MR) is 89.4 cm³/mol. The van der Waals surface area contributed by atoms with E-state index in [9.17, 15) is 8.76 Å². The van der Waals surface area contributed by atoms with Gasteiger partial charge in [-0.25, -0.2) is 4.68 Å². The maximum Gasteiger partial charge on any atom is 0.121 e. The summed E-state index contributed by atoms with van der Waals surface area (Å²) in [6.07, 6.45) is 0. The highest BCUT2D eigenvalue weighted by Crippen LogP contribution is 2.19. The van der Waals surface area contributed by atoms with E-state index in [0.29, 0.717) is 12.2 Å². The molecular formula is C14H14ClN4O3S-. The topological polar surface area (TPSA) is 92.1 Å². The number of benzene rings is 2. The molecule has 23 heavy (non-hydrogen) atoms. The monoisotopic (exact) mass is 353 g/mol. The Morgan fingerprint density at radius 2 is 2.00 bits per heavy atom. The lowest BCUT2D eigenvalue weighted by Gasteiger charge is -2.09. The summed E-state index contributed by atoms with van der Waals surface area (Å²) in [4.78, 5) is 0. The van der Waals surface area contributed by atoms with E-state index in [1.165, 1.54) is 0 Å². The first kappa shape index (κ1) is 17.2. The van der Waals surface area contributed by atoms with Crippen LogP contribution in [0.3, 0.4) is 0 Å². The average molecular weight is 354 g/mol. The van der Waals surface area contributed by atoms with E-state index in [-0.39, 0.29) is 12.4 Å². The lowest BCUT2D eigenvalue weighted by atomic mass is 10.2. The smallest absolute Gasteiger partial charge is 0.121 e. The fraction of sp³-hybridized carbons (Fsp3) is 0.143. The molecule has 0 radical (unpaired) electrons. The Hall–Kier alpha value is -2.16. The molecule has 9 heteroatoms. The zero-order valence-electron chi connectivity index (χ0n) is 12.1. The van der Waals surface area contributed by atoms with Gasteiger partial charge < -0.3 is 14.0 Å². The Labute approximate surface area is 141 Å². The molecule has 1 heterocycles. The van der Waals surface area contributed by atoms with Crippen molar-refractivity contribution in [1.29, 1.82) is 0 Å². The van der Waals surface area contributed by atoms with E-state index in [4.69, 9.17) is 4.74 Å². The van der Waals surface area contributed by atoms with Gasteiger partial charge in [0.2, 0.25) is 0 Å². The van der Waals surface area contributed by atoms with Crippen LogP contribution in [0.4, 0.5) is 5.69 Å². The number of rotatable bonds is 5. The number of hydrogen-bond donors (Lipinski definition) is 1. The standard InChI is InChI=1S/C14H14N4O3S.ClH/c1-21-12-6-7-14-13(8-12)15-17-18(14)9-10-2-4-11(5-3-10)16-22(19)20;/h2-8,16H,9H2,1H3,(H,19,20);1H/p-1. The van der Waals surface area contributed by atoms with Crippen LogP contribution in [0, 0.1) is 0 Å². The number of anilines is 1. The molecule has 1 unspecified atom stereocenters. The minimum Gasteiger partial charge on any atom is -0.755 e. The minimum absolute atomic E-state index is 0. The molecule has 0 saturated heterocycles. The van der Waals surface area contributed by atoms with E-state index in [0.717, 1.165) is 22.3 Å². The minimum atomic E-state index is -2.32. The van der Waals surface area contributed by atoms with Gasteiger partial charge in [-0.2, -0.15) is 0 Å². The van der Waals surface area contributed by atoms with E-state index in [1.54, 1.807) is 23.9 Å². The van der Waals surface area contributed by atoms with Gasteiger partial charge in [-0.3, -0.25) is 4.21 Å². The second-order valence-electron chi connectivity index (χ2n) is 4.64. The van der Waals surface area contributed by atoms with Crippen LogP contribution in [0.2, 0.25) is 0 Å². The van der Waals surface area contributed by atoms with Crippen molar-refractivity contribution in [3.05, 3.63) is 48.0 Å². The Balaban J connectivity index is 0.00000192. The van der Waals surface area contributed by atoms with Crippen LogP contribution in [0.5, 0.6) is 5.75 Å². The molecule has 7 nitrogen and oxygen atoms in total. The number of fused-ring (bicyclic) bond motifs is 1. The normalized spacial score (nSPS) is 11.7. The van der Waals surface area contributed by atoms with Crippen LogP contribution in [-0.2, 0) is 17.8 Å². The van der Waals surface area contributed by atoms with Crippen LogP contribution in [-0.4, -0.2) is 30.9 Å². The summed E-state index contributed by atoms with van der Waals surface area (Å²) >= 11 is -2.32. The SMILES string of the molecule is COc1ccc2c(c1)nnn2Cc1ccc(NS(=O)[O-])cc1.Cl. The van der Waals surface area contributed by atoms with Gasteiger partial charge in [0.1, 0.15) is 11.3 Å².